The van der Waals surface area contributed by atoms with Gasteiger partial charge in [-0.25, -0.2) is 9.78 Å². The molecular weight excluding hydrogens is 347 g/mol. The molecule has 0 aliphatic heterocycles. The Hall–Kier alpha value is -3.74. The molecule has 0 fully saturated rings. The molecule has 0 saturated heterocycles. The lowest BCUT2D eigenvalue weighted by Gasteiger charge is -2.12. The number of pyridine rings is 1. The molecular formula is C20H17FN4O2. The molecule has 0 saturated carbocycles. The monoisotopic (exact) mass is 364 g/mol. The summed E-state index contributed by atoms with van der Waals surface area (Å²) in [7, 11) is 0. The van der Waals surface area contributed by atoms with Crippen molar-refractivity contribution >= 4 is 29.0 Å². The van der Waals surface area contributed by atoms with E-state index in [2.05, 4.69) is 20.9 Å². The van der Waals surface area contributed by atoms with Crippen LogP contribution in [-0.2, 0) is 0 Å². The van der Waals surface area contributed by atoms with Crippen LogP contribution in [0.25, 0.3) is 0 Å². The van der Waals surface area contributed by atoms with E-state index < -0.39 is 17.9 Å². The second kappa shape index (κ2) is 8.09. The highest BCUT2D eigenvalue weighted by Gasteiger charge is 2.10. The van der Waals surface area contributed by atoms with E-state index in [9.17, 15) is 14.0 Å². The van der Waals surface area contributed by atoms with E-state index in [4.69, 9.17) is 0 Å². The maximum Gasteiger partial charge on any atom is 0.323 e. The van der Waals surface area contributed by atoms with Crippen molar-refractivity contribution in [1.82, 2.24) is 4.98 Å². The van der Waals surface area contributed by atoms with E-state index in [0.717, 1.165) is 11.6 Å². The Morgan fingerprint density at radius 2 is 1.63 bits per heavy atom. The average Bonchev–Trinajstić information content (AvgIpc) is 2.65. The van der Waals surface area contributed by atoms with Gasteiger partial charge in [-0.05, 0) is 42.8 Å². The van der Waals surface area contributed by atoms with Gasteiger partial charge in [0.1, 0.15) is 0 Å². The van der Waals surface area contributed by atoms with E-state index in [1.807, 2.05) is 25.1 Å². The number of nitrogens with zero attached hydrogens (tertiary/aromatic N) is 1. The fourth-order valence-corrected chi connectivity index (χ4v) is 2.39. The largest absolute Gasteiger partial charge is 0.323 e. The molecule has 0 spiro atoms. The van der Waals surface area contributed by atoms with Gasteiger partial charge in [-0.2, -0.15) is 4.39 Å². The normalized spacial score (nSPS) is 10.1. The lowest BCUT2D eigenvalue weighted by Crippen LogP contribution is -2.19. The number of amides is 3. The van der Waals surface area contributed by atoms with Gasteiger partial charge < -0.3 is 16.0 Å². The van der Waals surface area contributed by atoms with Gasteiger partial charge in [0.15, 0.2) is 0 Å². The number of rotatable bonds is 4. The molecule has 0 bridgehead atoms. The first-order valence-electron chi connectivity index (χ1n) is 8.18. The Morgan fingerprint density at radius 3 is 2.37 bits per heavy atom. The van der Waals surface area contributed by atoms with E-state index >= 15 is 0 Å². The molecule has 0 atom stereocenters. The molecule has 0 radical (unpaired) electrons. The van der Waals surface area contributed by atoms with E-state index in [-0.39, 0.29) is 5.56 Å². The van der Waals surface area contributed by atoms with Crippen LogP contribution in [0.5, 0.6) is 0 Å². The van der Waals surface area contributed by atoms with Crippen molar-refractivity contribution in [2.45, 2.75) is 6.92 Å². The highest BCUT2D eigenvalue weighted by atomic mass is 19.1. The number of halogens is 1. The van der Waals surface area contributed by atoms with Gasteiger partial charge in [0.05, 0.1) is 0 Å². The van der Waals surface area contributed by atoms with Crippen LogP contribution in [0, 0.1) is 12.9 Å². The second-order valence-corrected chi connectivity index (χ2v) is 5.80. The summed E-state index contributed by atoms with van der Waals surface area (Å²) in [5, 5.41) is 8.13. The summed E-state index contributed by atoms with van der Waals surface area (Å²) < 4.78 is 13.2. The molecule has 3 amide bonds. The minimum Gasteiger partial charge on any atom is -0.322 e. The minimum absolute atomic E-state index is 0.155. The Morgan fingerprint density at radius 1 is 0.889 bits per heavy atom. The van der Waals surface area contributed by atoms with Crippen LogP contribution in [-0.4, -0.2) is 16.9 Å². The van der Waals surface area contributed by atoms with Crippen LogP contribution in [0.3, 0.4) is 0 Å². The first-order chi connectivity index (χ1) is 13.0. The van der Waals surface area contributed by atoms with Crippen molar-refractivity contribution in [2.75, 3.05) is 16.0 Å². The van der Waals surface area contributed by atoms with E-state index in [0.29, 0.717) is 17.1 Å². The van der Waals surface area contributed by atoms with Crippen molar-refractivity contribution in [3.63, 3.8) is 0 Å². The third kappa shape index (κ3) is 4.88. The van der Waals surface area contributed by atoms with Crippen molar-refractivity contribution in [1.29, 1.82) is 0 Å². The number of para-hydroxylation sites is 1. The molecule has 7 heteroatoms. The average molecular weight is 364 g/mol. The molecule has 27 heavy (non-hydrogen) atoms. The Labute approximate surface area is 155 Å². The smallest absolute Gasteiger partial charge is 0.322 e. The standard InChI is InChI=1S/C20H17FN4O2/c1-13-7-8-16(24-20(27)23-15-5-3-2-4-6-15)12-17(13)25-19(26)14-9-10-22-18(21)11-14/h2-12H,1H3,(H,25,26)(H2,23,24,27). The molecule has 2 aromatic carbocycles. The number of urea groups is 1. The lowest BCUT2D eigenvalue weighted by molar-refractivity contribution is 0.102. The SMILES string of the molecule is Cc1ccc(NC(=O)Nc2ccccc2)cc1NC(=O)c1ccnc(F)c1. The molecule has 1 aromatic heterocycles. The highest BCUT2D eigenvalue weighted by Crippen LogP contribution is 2.21. The van der Waals surface area contributed by atoms with E-state index in [1.54, 1.807) is 30.3 Å². The quantitative estimate of drug-likeness (QED) is 0.599. The molecule has 3 N–H and O–H groups in total. The van der Waals surface area contributed by atoms with Crippen LogP contribution in [0.2, 0.25) is 0 Å². The first kappa shape index (κ1) is 18.1. The second-order valence-electron chi connectivity index (χ2n) is 5.80. The van der Waals surface area contributed by atoms with Crippen LogP contribution >= 0.6 is 0 Å². The van der Waals surface area contributed by atoms with Gasteiger partial charge in [-0.3, -0.25) is 4.79 Å². The summed E-state index contributed by atoms with van der Waals surface area (Å²) in [5.74, 6) is -1.20. The van der Waals surface area contributed by atoms with Crippen molar-refractivity contribution in [3.8, 4) is 0 Å². The maximum absolute atomic E-state index is 13.2. The summed E-state index contributed by atoms with van der Waals surface area (Å²) in [4.78, 5) is 27.8. The van der Waals surface area contributed by atoms with Gasteiger partial charge in [-0.1, -0.05) is 24.3 Å². The highest BCUT2D eigenvalue weighted by molar-refractivity contribution is 6.05. The number of hydrogen-bond donors (Lipinski definition) is 3. The fourth-order valence-electron chi connectivity index (χ4n) is 2.39. The number of aryl methyl sites for hydroxylation is 1. The van der Waals surface area contributed by atoms with Crippen molar-refractivity contribution < 1.29 is 14.0 Å². The van der Waals surface area contributed by atoms with Gasteiger partial charge in [0, 0.05) is 34.9 Å². The van der Waals surface area contributed by atoms with Gasteiger partial charge >= 0.3 is 6.03 Å². The molecule has 3 aromatic rings. The number of carbonyl (C=O) groups is 2. The summed E-state index contributed by atoms with van der Waals surface area (Å²) in [6.45, 7) is 1.82. The molecule has 0 aliphatic rings. The topological polar surface area (TPSA) is 83.1 Å². The number of aromatic nitrogens is 1. The number of carbonyl (C=O) groups excluding carboxylic acids is 2. The third-order valence-corrected chi connectivity index (χ3v) is 3.76. The number of anilines is 3. The molecule has 0 aliphatic carbocycles. The summed E-state index contributed by atoms with van der Waals surface area (Å²) >= 11 is 0. The zero-order chi connectivity index (χ0) is 19.2. The van der Waals surface area contributed by atoms with Crippen LogP contribution in [0.1, 0.15) is 15.9 Å². The van der Waals surface area contributed by atoms with Gasteiger partial charge in [0.2, 0.25) is 5.95 Å². The first-order valence-corrected chi connectivity index (χ1v) is 8.18. The third-order valence-electron chi connectivity index (χ3n) is 3.76. The molecule has 0 unspecified atom stereocenters. The molecule has 136 valence electrons. The Kier molecular flexibility index (Phi) is 5.41. The lowest BCUT2D eigenvalue weighted by atomic mass is 10.1. The van der Waals surface area contributed by atoms with Gasteiger partial charge in [-0.15, -0.1) is 0 Å². The predicted octanol–water partition coefficient (Wildman–Crippen LogP) is 4.43. The van der Waals surface area contributed by atoms with Crippen LogP contribution in [0.4, 0.5) is 26.2 Å². The fraction of sp³-hybridized carbons (Fsp3) is 0.0500. The van der Waals surface area contributed by atoms with Crippen molar-refractivity contribution in [3.05, 3.63) is 83.9 Å². The Bertz CT molecular complexity index is 977. The number of nitrogens with one attached hydrogen (secondary N) is 3. The van der Waals surface area contributed by atoms with E-state index in [1.165, 1.54) is 12.3 Å². The Balaban J connectivity index is 1.70. The summed E-state index contributed by atoms with van der Waals surface area (Å²) in [5.41, 5.74) is 2.63. The van der Waals surface area contributed by atoms with Crippen molar-refractivity contribution in [2.24, 2.45) is 0 Å². The van der Waals surface area contributed by atoms with Gasteiger partial charge in [0.25, 0.3) is 5.91 Å². The number of benzene rings is 2. The zero-order valence-corrected chi connectivity index (χ0v) is 14.5. The molecule has 1 heterocycles. The zero-order valence-electron chi connectivity index (χ0n) is 14.5. The van der Waals surface area contributed by atoms with Crippen LogP contribution < -0.4 is 16.0 Å². The minimum atomic E-state index is -0.729. The number of hydrogen-bond acceptors (Lipinski definition) is 3. The predicted molar refractivity (Wildman–Crippen MR) is 102 cm³/mol. The summed E-state index contributed by atoms with van der Waals surface area (Å²) in [6, 6.07) is 16.2. The molecule has 6 nitrogen and oxygen atoms in total. The maximum atomic E-state index is 13.2. The summed E-state index contributed by atoms with van der Waals surface area (Å²) in [6.07, 6.45) is 1.23. The molecule has 3 rings (SSSR count). The van der Waals surface area contributed by atoms with Crippen LogP contribution in [0.15, 0.2) is 66.9 Å².